The van der Waals surface area contributed by atoms with Gasteiger partial charge in [-0.05, 0) is 18.8 Å². The molecular formula is C8H17N. The van der Waals surface area contributed by atoms with Gasteiger partial charge in [0.2, 0.25) is 0 Å². The molecule has 1 nitrogen and oxygen atoms in total. The van der Waals surface area contributed by atoms with Gasteiger partial charge in [0.1, 0.15) is 0 Å². The van der Waals surface area contributed by atoms with Crippen molar-refractivity contribution in [3.63, 3.8) is 0 Å². The van der Waals surface area contributed by atoms with Gasteiger partial charge < -0.3 is 5.73 Å². The fourth-order valence-corrected chi connectivity index (χ4v) is 1.36. The molecule has 0 spiro atoms. The highest BCUT2D eigenvalue weighted by Gasteiger charge is 2.15. The van der Waals surface area contributed by atoms with Crippen molar-refractivity contribution in [3.8, 4) is 0 Å². The first-order valence-electron chi connectivity index (χ1n) is 3.75. The van der Waals surface area contributed by atoms with Crippen molar-refractivity contribution < 1.29 is 1.43 Å². The molecule has 0 aliphatic heterocycles. The zero-order chi connectivity index (χ0) is 6.69. The van der Waals surface area contributed by atoms with Crippen LogP contribution in [0.15, 0.2) is 12.2 Å². The first kappa shape index (κ1) is 6.81. The van der Waals surface area contributed by atoms with Crippen LogP contribution in [0.2, 0.25) is 0 Å². The summed E-state index contributed by atoms with van der Waals surface area (Å²) in [7, 11) is 0. The van der Waals surface area contributed by atoms with E-state index in [1.807, 2.05) is 0 Å². The number of allylic oxidation sites excluding steroid dienone is 1. The third-order valence-corrected chi connectivity index (χ3v) is 2.14. The molecule has 0 bridgehead atoms. The fraction of sp³-hybridized carbons (Fsp3) is 0.750. The topological polar surface area (TPSA) is 26.0 Å². The molecule has 0 heterocycles. The van der Waals surface area contributed by atoms with Crippen molar-refractivity contribution in [2.75, 3.05) is 0 Å². The smallest absolute Gasteiger partial charge is 0.0105 e. The Morgan fingerprint density at radius 2 is 2.22 bits per heavy atom. The van der Waals surface area contributed by atoms with Crippen molar-refractivity contribution in [1.29, 1.82) is 0 Å². The summed E-state index contributed by atoms with van der Waals surface area (Å²) in [6, 6.07) is 0.431. The predicted octanol–water partition coefficient (Wildman–Crippen LogP) is 1.94. The Morgan fingerprint density at radius 3 is 2.67 bits per heavy atom. The van der Waals surface area contributed by atoms with Gasteiger partial charge in [-0.3, -0.25) is 0 Å². The van der Waals surface area contributed by atoms with Crippen LogP contribution in [0.5, 0.6) is 0 Å². The van der Waals surface area contributed by atoms with E-state index in [1.54, 1.807) is 0 Å². The SMILES string of the molecule is CCC1CC=CCC1N.[HH]. The van der Waals surface area contributed by atoms with Crippen molar-refractivity contribution in [1.82, 2.24) is 0 Å². The zero-order valence-electron chi connectivity index (χ0n) is 6.01. The summed E-state index contributed by atoms with van der Waals surface area (Å²) in [6.45, 7) is 2.21. The maximum atomic E-state index is 5.84. The van der Waals surface area contributed by atoms with Gasteiger partial charge in [-0.1, -0.05) is 25.5 Å². The van der Waals surface area contributed by atoms with Crippen molar-refractivity contribution >= 4 is 0 Å². The molecule has 54 valence electrons. The Labute approximate surface area is 58.4 Å². The van der Waals surface area contributed by atoms with Crippen LogP contribution in [-0.2, 0) is 0 Å². The summed E-state index contributed by atoms with van der Waals surface area (Å²) in [5.74, 6) is 0.745. The molecule has 2 unspecified atom stereocenters. The average molecular weight is 127 g/mol. The standard InChI is InChI=1S/C8H15N.H2/c1-2-7-5-3-4-6-8(7)9;/h3-4,7-8H,2,5-6,9H2,1H3;1H. The minimum atomic E-state index is 0. The van der Waals surface area contributed by atoms with Gasteiger partial charge in [-0.25, -0.2) is 0 Å². The fourth-order valence-electron chi connectivity index (χ4n) is 1.36. The molecule has 2 atom stereocenters. The first-order valence-corrected chi connectivity index (χ1v) is 3.75. The van der Waals surface area contributed by atoms with E-state index in [-0.39, 0.29) is 1.43 Å². The highest BCUT2D eigenvalue weighted by Crippen LogP contribution is 2.19. The lowest BCUT2D eigenvalue weighted by atomic mass is 9.88. The van der Waals surface area contributed by atoms with E-state index < -0.39 is 0 Å². The monoisotopic (exact) mass is 127 g/mol. The largest absolute Gasteiger partial charge is 0.327 e. The van der Waals surface area contributed by atoms with E-state index in [0.717, 1.165) is 12.3 Å². The molecule has 0 aromatic heterocycles. The lowest BCUT2D eigenvalue weighted by Crippen LogP contribution is -2.30. The lowest BCUT2D eigenvalue weighted by molar-refractivity contribution is 0.399. The summed E-state index contributed by atoms with van der Waals surface area (Å²) < 4.78 is 0. The Hall–Kier alpha value is -0.300. The van der Waals surface area contributed by atoms with Crippen molar-refractivity contribution in [3.05, 3.63) is 12.2 Å². The highest BCUT2D eigenvalue weighted by molar-refractivity contribution is 4.95. The molecule has 0 saturated carbocycles. The molecule has 1 aliphatic rings. The zero-order valence-corrected chi connectivity index (χ0v) is 6.01. The number of rotatable bonds is 1. The molecule has 0 fully saturated rings. The third kappa shape index (κ3) is 1.55. The molecule has 1 rings (SSSR count). The van der Waals surface area contributed by atoms with Gasteiger partial charge in [0.25, 0.3) is 0 Å². The highest BCUT2D eigenvalue weighted by atomic mass is 14.6. The van der Waals surface area contributed by atoms with Crippen LogP contribution < -0.4 is 5.73 Å². The minimum Gasteiger partial charge on any atom is -0.327 e. The minimum absolute atomic E-state index is 0. The van der Waals surface area contributed by atoms with Gasteiger partial charge in [0.15, 0.2) is 0 Å². The quantitative estimate of drug-likeness (QED) is 0.535. The summed E-state index contributed by atoms with van der Waals surface area (Å²) in [5.41, 5.74) is 5.84. The summed E-state index contributed by atoms with van der Waals surface area (Å²) >= 11 is 0. The second kappa shape index (κ2) is 3.02. The van der Waals surface area contributed by atoms with Gasteiger partial charge in [0.05, 0.1) is 0 Å². The first-order chi connectivity index (χ1) is 4.34. The molecular weight excluding hydrogens is 110 g/mol. The van der Waals surface area contributed by atoms with E-state index in [9.17, 15) is 0 Å². The molecule has 1 aliphatic carbocycles. The van der Waals surface area contributed by atoms with E-state index in [4.69, 9.17) is 5.73 Å². The van der Waals surface area contributed by atoms with Crippen LogP contribution in [0.25, 0.3) is 0 Å². The summed E-state index contributed by atoms with van der Waals surface area (Å²) in [6.07, 6.45) is 7.94. The molecule has 0 aromatic rings. The van der Waals surface area contributed by atoms with Gasteiger partial charge in [0, 0.05) is 7.47 Å². The Bertz CT molecular complexity index is 112. The normalized spacial score (nSPS) is 34.9. The van der Waals surface area contributed by atoms with E-state index in [2.05, 4.69) is 19.1 Å². The molecule has 2 N–H and O–H groups in total. The molecule has 0 aromatic carbocycles. The lowest BCUT2D eigenvalue weighted by Gasteiger charge is -2.23. The van der Waals surface area contributed by atoms with E-state index in [1.165, 1.54) is 12.8 Å². The van der Waals surface area contributed by atoms with Crippen LogP contribution in [0, 0.1) is 5.92 Å². The molecule has 0 saturated heterocycles. The van der Waals surface area contributed by atoms with Gasteiger partial charge in [-0.2, -0.15) is 0 Å². The van der Waals surface area contributed by atoms with Crippen LogP contribution in [0.3, 0.4) is 0 Å². The predicted molar refractivity (Wildman–Crippen MR) is 42.2 cm³/mol. The van der Waals surface area contributed by atoms with Gasteiger partial charge >= 0.3 is 0 Å². The van der Waals surface area contributed by atoms with Crippen molar-refractivity contribution in [2.45, 2.75) is 32.2 Å². The number of hydrogen-bond donors (Lipinski definition) is 1. The maximum absolute atomic E-state index is 5.84. The van der Waals surface area contributed by atoms with Crippen LogP contribution in [0.1, 0.15) is 27.6 Å². The second-order valence-corrected chi connectivity index (χ2v) is 2.77. The van der Waals surface area contributed by atoms with Crippen molar-refractivity contribution in [2.24, 2.45) is 11.7 Å². The van der Waals surface area contributed by atoms with Crippen LogP contribution >= 0.6 is 0 Å². The Morgan fingerprint density at radius 1 is 1.56 bits per heavy atom. The Balaban J connectivity index is 0.000000810. The van der Waals surface area contributed by atoms with Crippen LogP contribution in [-0.4, -0.2) is 6.04 Å². The second-order valence-electron chi connectivity index (χ2n) is 2.77. The molecule has 1 heteroatoms. The third-order valence-electron chi connectivity index (χ3n) is 2.14. The summed E-state index contributed by atoms with van der Waals surface area (Å²) in [4.78, 5) is 0. The molecule has 0 amide bonds. The average Bonchev–Trinajstić information content (AvgIpc) is 1.89. The van der Waals surface area contributed by atoms with Crippen LogP contribution in [0.4, 0.5) is 0 Å². The number of hydrogen-bond acceptors (Lipinski definition) is 1. The van der Waals surface area contributed by atoms with Gasteiger partial charge in [-0.15, -0.1) is 0 Å². The maximum Gasteiger partial charge on any atom is 0.0105 e. The number of nitrogens with two attached hydrogens (primary N) is 1. The Kier molecular flexibility index (Phi) is 2.29. The molecule has 9 heavy (non-hydrogen) atoms. The van der Waals surface area contributed by atoms with E-state index >= 15 is 0 Å². The van der Waals surface area contributed by atoms with E-state index in [0.29, 0.717) is 6.04 Å². The molecule has 0 radical (unpaired) electrons. The summed E-state index contributed by atoms with van der Waals surface area (Å²) in [5, 5.41) is 0.